The highest BCUT2D eigenvalue weighted by atomic mass is 16.3. The number of nitrogens with zero attached hydrogens (tertiary/aromatic N) is 3. The smallest absolute Gasteiger partial charge is 0.246 e. The van der Waals surface area contributed by atoms with Crippen molar-refractivity contribution >= 4 is 12.0 Å². The summed E-state index contributed by atoms with van der Waals surface area (Å²) in [6, 6.07) is 1.83. The molecule has 1 N–H and O–H groups in total. The maximum Gasteiger partial charge on any atom is 0.246 e. The first-order valence-electron chi connectivity index (χ1n) is 6.01. The molecule has 1 amide bonds. The van der Waals surface area contributed by atoms with E-state index >= 15 is 0 Å². The molecule has 0 unspecified atom stereocenters. The lowest BCUT2D eigenvalue weighted by Crippen LogP contribution is -2.41. The Bertz CT molecular complexity index is 430. The fraction of sp³-hybridized carbons (Fsp3) is 0.538. The van der Waals surface area contributed by atoms with Gasteiger partial charge >= 0.3 is 0 Å². The Kier molecular flexibility index (Phi) is 4.67. The van der Waals surface area contributed by atoms with Crippen LogP contribution in [-0.4, -0.2) is 44.4 Å². The van der Waals surface area contributed by atoms with Gasteiger partial charge in [0.15, 0.2) is 0 Å². The number of carbonyl (C=O) groups excluding carboxylic acids is 1. The summed E-state index contributed by atoms with van der Waals surface area (Å²) in [4.78, 5) is 13.6. The zero-order valence-electron chi connectivity index (χ0n) is 11.4. The molecule has 18 heavy (non-hydrogen) atoms. The third kappa shape index (κ3) is 4.33. The average molecular weight is 251 g/mol. The average Bonchev–Trinajstić information content (AvgIpc) is 2.67. The van der Waals surface area contributed by atoms with E-state index in [9.17, 15) is 9.90 Å². The normalized spacial score (nSPS) is 12.1. The fourth-order valence-corrected chi connectivity index (χ4v) is 1.62. The van der Waals surface area contributed by atoms with Crippen molar-refractivity contribution in [1.29, 1.82) is 0 Å². The van der Waals surface area contributed by atoms with Gasteiger partial charge < -0.3 is 10.0 Å². The molecule has 5 nitrogen and oxygen atoms in total. The second-order valence-corrected chi connectivity index (χ2v) is 4.88. The van der Waals surface area contributed by atoms with Gasteiger partial charge in [0.1, 0.15) is 0 Å². The highest BCUT2D eigenvalue weighted by Gasteiger charge is 2.19. The zero-order chi connectivity index (χ0) is 13.8. The number of hydrogen-bond acceptors (Lipinski definition) is 3. The van der Waals surface area contributed by atoms with Crippen molar-refractivity contribution in [3.8, 4) is 0 Å². The Morgan fingerprint density at radius 3 is 2.72 bits per heavy atom. The first kappa shape index (κ1) is 14.4. The van der Waals surface area contributed by atoms with Gasteiger partial charge in [-0.2, -0.15) is 5.10 Å². The SMILES string of the molecule is CCN(CC(C)(C)O)C(=O)C=Cc1ccnn1C. The Balaban J connectivity index is 2.69. The van der Waals surface area contributed by atoms with Crippen molar-refractivity contribution < 1.29 is 9.90 Å². The Labute approximate surface area is 108 Å². The molecule has 0 atom stereocenters. The molecule has 0 spiro atoms. The maximum atomic E-state index is 12.0. The Hall–Kier alpha value is -1.62. The highest BCUT2D eigenvalue weighted by molar-refractivity contribution is 5.91. The number of likely N-dealkylation sites (N-methyl/N-ethyl adjacent to an activating group) is 1. The van der Waals surface area contributed by atoms with Gasteiger partial charge in [-0.15, -0.1) is 0 Å². The second-order valence-electron chi connectivity index (χ2n) is 4.88. The number of hydrogen-bond donors (Lipinski definition) is 1. The Morgan fingerprint density at radius 1 is 1.61 bits per heavy atom. The maximum absolute atomic E-state index is 12.0. The molecule has 0 radical (unpaired) electrons. The molecule has 0 aliphatic carbocycles. The van der Waals surface area contributed by atoms with E-state index in [4.69, 9.17) is 0 Å². The van der Waals surface area contributed by atoms with Gasteiger partial charge in [0.2, 0.25) is 5.91 Å². The predicted octanol–water partition coefficient (Wildman–Crippen LogP) is 1.05. The van der Waals surface area contributed by atoms with Gasteiger partial charge in [-0.1, -0.05) is 0 Å². The van der Waals surface area contributed by atoms with Crippen molar-refractivity contribution in [1.82, 2.24) is 14.7 Å². The van der Waals surface area contributed by atoms with E-state index in [1.165, 1.54) is 6.08 Å². The third-order valence-electron chi connectivity index (χ3n) is 2.53. The molecule has 1 heterocycles. The topological polar surface area (TPSA) is 58.4 Å². The number of aromatic nitrogens is 2. The molecular formula is C13H21N3O2. The van der Waals surface area contributed by atoms with Crippen LogP contribution in [0.3, 0.4) is 0 Å². The first-order valence-corrected chi connectivity index (χ1v) is 6.01. The van der Waals surface area contributed by atoms with E-state index in [1.807, 2.05) is 20.0 Å². The van der Waals surface area contributed by atoms with Gasteiger partial charge in [-0.3, -0.25) is 9.48 Å². The molecule has 1 aromatic heterocycles. The lowest BCUT2D eigenvalue weighted by molar-refractivity contribution is -0.128. The van der Waals surface area contributed by atoms with Crippen LogP contribution in [0.1, 0.15) is 26.5 Å². The fourth-order valence-electron chi connectivity index (χ4n) is 1.62. The van der Waals surface area contributed by atoms with Crippen molar-refractivity contribution in [3.63, 3.8) is 0 Å². The van der Waals surface area contributed by atoms with Gasteiger partial charge in [-0.05, 0) is 32.9 Å². The van der Waals surface area contributed by atoms with Crippen LogP contribution in [0.5, 0.6) is 0 Å². The minimum atomic E-state index is -0.883. The van der Waals surface area contributed by atoms with Gasteiger partial charge in [0, 0.05) is 32.4 Å². The van der Waals surface area contributed by atoms with E-state index in [2.05, 4.69) is 5.10 Å². The van der Waals surface area contributed by atoms with Crippen LogP contribution < -0.4 is 0 Å². The molecule has 100 valence electrons. The van der Waals surface area contributed by atoms with Gasteiger partial charge in [-0.25, -0.2) is 0 Å². The summed E-state index contributed by atoms with van der Waals surface area (Å²) in [5.41, 5.74) is -0.0193. The van der Waals surface area contributed by atoms with Crippen LogP contribution in [0, 0.1) is 0 Å². The molecule has 1 aromatic rings. The summed E-state index contributed by atoms with van der Waals surface area (Å²) in [5.74, 6) is -0.110. The molecule has 0 bridgehead atoms. The summed E-state index contributed by atoms with van der Waals surface area (Å²) < 4.78 is 1.69. The van der Waals surface area contributed by atoms with Crippen molar-refractivity contribution in [2.24, 2.45) is 7.05 Å². The van der Waals surface area contributed by atoms with Gasteiger partial charge in [0.25, 0.3) is 0 Å². The molecule has 5 heteroatoms. The van der Waals surface area contributed by atoms with Crippen LogP contribution in [0.4, 0.5) is 0 Å². The Morgan fingerprint density at radius 2 is 2.28 bits per heavy atom. The molecule has 1 rings (SSSR count). The van der Waals surface area contributed by atoms with E-state index in [0.29, 0.717) is 13.1 Å². The van der Waals surface area contributed by atoms with Gasteiger partial charge in [0.05, 0.1) is 11.3 Å². The number of carbonyl (C=O) groups is 1. The summed E-state index contributed by atoms with van der Waals surface area (Å²) in [5, 5.41) is 13.8. The summed E-state index contributed by atoms with van der Waals surface area (Å²) in [7, 11) is 1.82. The number of rotatable bonds is 5. The molecule has 0 aromatic carbocycles. The number of amides is 1. The quantitative estimate of drug-likeness (QED) is 0.796. The summed E-state index contributed by atoms with van der Waals surface area (Å²) >= 11 is 0. The lowest BCUT2D eigenvalue weighted by atomic mass is 10.1. The monoisotopic (exact) mass is 251 g/mol. The van der Waals surface area contributed by atoms with Crippen LogP contribution in [0.2, 0.25) is 0 Å². The first-order chi connectivity index (χ1) is 8.33. The lowest BCUT2D eigenvalue weighted by Gasteiger charge is -2.27. The minimum absolute atomic E-state index is 0.110. The molecule has 0 saturated heterocycles. The van der Waals surface area contributed by atoms with E-state index in [-0.39, 0.29) is 5.91 Å². The molecule has 0 aliphatic rings. The van der Waals surface area contributed by atoms with E-state index in [0.717, 1.165) is 5.69 Å². The standard InChI is InChI=1S/C13H21N3O2/c1-5-16(10-13(2,3)18)12(17)7-6-11-8-9-14-15(11)4/h6-9,18H,5,10H2,1-4H3. The van der Waals surface area contributed by atoms with Crippen LogP contribution in [0.25, 0.3) is 6.08 Å². The van der Waals surface area contributed by atoms with Crippen molar-refractivity contribution in [3.05, 3.63) is 24.0 Å². The molecule has 0 saturated carbocycles. The molecule has 0 fully saturated rings. The second kappa shape index (κ2) is 5.82. The molecule has 0 aliphatic heterocycles. The number of aliphatic hydroxyl groups is 1. The minimum Gasteiger partial charge on any atom is -0.389 e. The van der Waals surface area contributed by atoms with E-state index < -0.39 is 5.60 Å². The summed E-state index contributed by atoms with van der Waals surface area (Å²) in [6.07, 6.45) is 4.91. The van der Waals surface area contributed by atoms with E-state index in [1.54, 1.807) is 35.7 Å². The largest absolute Gasteiger partial charge is 0.389 e. The highest BCUT2D eigenvalue weighted by Crippen LogP contribution is 2.06. The predicted molar refractivity (Wildman–Crippen MR) is 70.8 cm³/mol. The zero-order valence-corrected chi connectivity index (χ0v) is 11.4. The van der Waals surface area contributed by atoms with Crippen LogP contribution in [0.15, 0.2) is 18.3 Å². The summed E-state index contributed by atoms with van der Waals surface area (Å²) in [6.45, 7) is 6.15. The van der Waals surface area contributed by atoms with Crippen molar-refractivity contribution in [2.45, 2.75) is 26.4 Å². The van der Waals surface area contributed by atoms with Crippen LogP contribution in [-0.2, 0) is 11.8 Å². The molecular weight excluding hydrogens is 230 g/mol. The van der Waals surface area contributed by atoms with Crippen LogP contribution >= 0.6 is 0 Å². The third-order valence-corrected chi connectivity index (χ3v) is 2.53. The number of aryl methyl sites for hydroxylation is 1. The van der Waals surface area contributed by atoms with Crippen molar-refractivity contribution in [2.75, 3.05) is 13.1 Å².